The maximum Gasteiger partial charge on any atom is 0.130 e. The van der Waals surface area contributed by atoms with E-state index in [9.17, 15) is 0 Å². The van der Waals surface area contributed by atoms with Crippen molar-refractivity contribution in [3.63, 3.8) is 0 Å². The van der Waals surface area contributed by atoms with Gasteiger partial charge in [0.1, 0.15) is 18.1 Å². The van der Waals surface area contributed by atoms with Gasteiger partial charge < -0.3 is 19.4 Å². The molecule has 21 heavy (non-hydrogen) atoms. The van der Waals surface area contributed by atoms with Gasteiger partial charge in [0, 0.05) is 30.8 Å². The van der Waals surface area contributed by atoms with E-state index < -0.39 is 0 Å². The van der Waals surface area contributed by atoms with Gasteiger partial charge in [0.25, 0.3) is 0 Å². The van der Waals surface area contributed by atoms with Gasteiger partial charge in [-0.15, -0.1) is 0 Å². The summed E-state index contributed by atoms with van der Waals surface area (Å²) in [6.45, 7) is 5.62. The van der Waals surface area contributed by atoms with E-state index in [2.05, 4.69) is 23.3 Å². The van der Waals surface area contributed by atoms with Crippen molar-refractivity contribution in [2.24, 2.45) is 0 Å². The van der Waals surface area contributed by atoms with Gasteiger partial charge >= 0.3 is 0 Å². The molecular formula is C17H28N2O2. The van der Waals surface area contributed by atoms with Crippen LogP contribution in [0.5, 0.6) is 0 Å². The van der Waals surface area contributed by atoms with Gasteiger partial charge in [-0.2, -0.15) is 0 Å². The molecule has 1 aliphatic heterocycles. The Morgan fingerprint density at radius 1 is 1.38 bits per heavy atom. The predicted molar refractivity (Wildman–Crippen MR) is 83.2 cm³/mol. The summed E-state index contributed by atoms with van der Waals surface area (Å²) in [5, 5.41) is 3.53. The van der Waals surface area contributed by atoms with Crippen molar-refractivity contribution in [1.82, 2.24) is 10.2 Å². The predicted octanol–water partition coefficient (Wildman–Crippen LogP) is 2.84. The highest BCUT2D eigenvalue weighted by molar-refractivity contribution is 5.20. The van der Waals surface area contributed by atoms with Crippen molar-refractivity contribution < 1.29 is 9.15 Å². The van der Waals surface area contributed by atoms with Crippen LogP contribution in [0.3, 0.4) is 0 Å². The first-order valence-electron chi connectivity index (χ1n) is 8.32. The molecule has 2 aliphatic rings. The monoisotopic (exact) mass is 292 g/mol. The first-order valence-corrected chi connectivity index (χ1v) is 8.32. The molecule has 1 atom stereocenters. The Bertz CT molecular complexity index is 454. The van der Waals surface area contributed by atoms with Crippen molar-refractivity contribution >= 4 is 0 Å². The van der Waals surface area contributed by atoms with Gasteiger partial charge in [-0.25, -0.2) is 0 Å². The number of ether oxygens (including phenoxy) is 1. The van der Waals surface area contributed by atoms with Crippen molar-refractivity contribution in [2.45, 2.75) is 64.3 Å². The first kappa shape index (κ1) is 15.1. The number of nitrogens with one attached hydrogen (secondary N) is 1. The summed E-state index contributed by atoms with van der Waals surface area (Å²) in [6.07, 6.45) is 6.42. The van der Waals surface area contributed by atoms with E-state index in [1.807, 2.05) is 6.92 Å². The molecule has 2 heterocycles. The van der Waals surface area contributed by atoms with E-state index in [0.717, 1.165) is 37.1 Å². The number of rotatable bonds is 8. The maximum absolute atomic E-state index is 5.80. The normalized spacial score (nSPS) is 23.0. The molecule has 1 saturated heterocycles. The van der Waals surface area contributed by atoms with Crippen molar-refractivity contribution in [1.29, 1.82) is 0 Å². The number of aryl methyl sites for hydroxylation is 1. The molecule has 1 N–H and O–H groups in total. The third-order valence-corrected chi connectivity index (χ3v) is 4.74. The quantitative estimate of drug-likeness (QED) is 0.748. The molecule has 1 aromatic rings. The van der Waals surface area contributed by atoms with Crippen molar-refractivity contribution in [3.05, 3.63) is 23.2 Å². The smallest absolute Gasteiger partial charge is 0.130 e. The Hall–Kier alpha value is -0.840. The fourth-order valence-electron chi connectivity index (χ4n) is 3.11. The van der Waals surface area contributed by atoms with Crippen LogP contribution in [0.2, 0.25) is 0 Å². The van der Waals surface area contributed by atoms with Gasteiger partial charge in [0.15, 0.2) is 0 Å². The van der Waals surface area contributed by atoms with Gasteiger partial charge in [0.05, 0.1) is 0 Å². The topological polar surface area (TPSA) is 37.6 Å². The number of nitrogens with zero attached hydrogens (tertiary/aromatic N) is 1. The lowest BCUT2D eigenvalue weighted by molar-refractivity contribution is 0.0889. The first-order chi connectivity index (χ1) is 10.2. The van der Waals surface area contributed by atoms with Crippen LogP contribution in [-0.2, 0) is 17.9 Å². The van der Waals surface area contributed by atoms with E-state index in [4.69, 9.17) is 9.15 Å². The highest BCUT2D eigenvalue weighted by atomic mass is 16.5. The molecule has 0 aromatic carbocycles. The Labute approximate surface area is 127 Å². The molecule has 1 saturated carbocycles. The van der Waals surface area contributed by atoms with Crippen molar-refractivity contribution in [3.8, 4) is 0 Å². The van der Waals surface area contributed by atoms with Gasteiger partial charge in [-0.3, -0.25) is 0 Å². The standard InChI is InChI=1S/C17H28N2O2/c1-13-14(11-18-15-5-6-15)10-17(21-13)12-20-9-7-16-4-3-8-19(16)2/h10,15-16,18H,3-9,11-12H2,1-2H3. The molecule has 4 nitrogen and oxygen atoms in total. The van der Waals surface area contributed by atoms with Crippen LogP contribution in [-0.4, -0.2) is 37.2 Å². The third-order valence-electron chi connectivity index (χ3n) is 4.74. The van der Waals surface area contributed by atoms with Crippen LogP contribution < -0.4 is 5.32 Å². The lowest BCUT2D eigenvalue weighted by Gasteiger charge is -2.18. The zero-order chi connectivity index (χ0) is 14.7. The summed E-state index contributed by atoms with van der Waals surface area (Å²) in [5.74, 6) is 1.98. The number of furan rings is 1. The summed E-state index contributed by atoms with van der Waals surface area (Å²) in [4.78, 5) is 2.45. The molecule has 1 aliphatic carbocycles. The van der Waals surface area contributed by atoms with E-state index >= 15 is 0 Å². The molecule has 118 valence electrons. The largest absolute Gasteiger partial charge is 0.464 e. The van der Waals surface area contributed by atoms with Gasteiger partial charge in [-0.05, 0) is 58.7 Å². The molecule has 0 amide bonds. The van der Waals surface area contributed by atoms with E-state index in [1.54, 1.807) is 0 Å². The highest BCUT2D eigenvalue weighted by Gasteiger charge is 2.21. The zero-order valence-corrected chi connectivity index (χ0v) is 13.4. The molecule has 0 spiro atoms. The SMILES string of the molecule is Cc1oc(COCCC2CCCN2C)cc1CNC1CC1. The minimum atomic E-state index is 0.598. The fraction of sp³-hybridized carbons (Fsp3) is 0.765. The lowest BCUT2D eigenvalue weighted by atomic mass is 10.1. The Morgan fingerprint density at radius 2 is 2.24 bits per heavy atom. The average Bonchev–Trinajstić information content (AvgIpc) is 3.11. The number of hydrogen-bond donors (Lipinski definition) is 1. The van der Waals surface area contributed by atoms with Crippen LogP contribution in [0.15, 0.2) is 10.5 Å². The Kier molecular flexibility index (Phi) is 4.99. The maximum atomic E-state index is 5.80. The Morgan fingerprint density at radius 3 is 2.95 bits per heavy atom. The second kappa shape index (κ2) is 6.95. The van der Waals surface area contributed by atoms with E-state index in [-0.39, 0.29) is 0 Å². The molecule has 0 radical (unpaired) electrons. The van der Waals surface area contributed by atoms with E-state index in [0.29, 0.717) is 12.6 Å². The second-order valence-electron chi connectivity index (χ2n) is 6.57. The summed E-state index contributed by atoms with van der Waals surface area (Å²) in [6, 6.07) is 3.59. The fourth-order valence-corrected chi connectivity index (χ4v) is 3.11. The van der Waals surface area contributed by atoms with Gasteiger partial charge in [-0.1, -0.05) is 0 Å². The van der Waals surface area contributed by atoms with Crippen LogP contribution in [0, 0.1) is 6.92 Å². The minimum Gasteiger partial charge on any atom is -0.464 e. The summed E-state index contributed by atoms with van der Waals surface area (Å²) in [7, 11) is 2.21. The molecule has 4 heteroatoms. The number of likely N-dealkylation sites (tertiary alicyclic amines) is 1. The van der Waals surface area contributed by atoms with Crippen LogP contribution in [0.4, 0.5) is 0 Å². The van der Waals surface area contributed by atoms with Crippen LogP contribution in [0.25, 0.3) is 0 Å². The minimum absolute atomic E-state index is 0.598. The summed E-state index contributed by atoms with van der Waals surface area (Å²) >= 11 is 0. The highest BCUT2D eigenvalue weighted by Crippen LogP contribution is 2.22. The third kappa shape index (κ3) is 4.31. The van der Waals surface area contributed by atoms with Gasteiger partial charge in [0.2, 0.25) is 0 Å². The lowest BCUT2D eigenvalue weighted by Crippen LogP contribution is -2.26. The summed E-state index contributed by atoms with van der Waals surface area (Å²) < 4.78 is 11.6. The molecule has 0 bridgehead atoms. The van der Waals surface area contributed by atoms with E-state index in [1.165, 1.54) is 37.8 Å². The average molecular weight is 292 g/mol. The molecule has 2 fully saturated rings. The molecule has 1 unspecified atom stereocenters. The molecule has 1 aromatic heterocycles. The zero-order valence-electron chi connectivity index (χ0n) is 13.4. The van der Waals surface area contributed by atoms with Crippen molar-refractivity contribution in [2.75, 3.05) is 20.2 Å². The summed E-state index contributed by atoms with van der Waals surface area (Å²) in [5.41, 5.74) is 1.27. The molecular weight excluding hydrogens is 264 g/mol. The Balaban J connectivity index is 1.37. The number of hydrogen-bond acceptors (Lipinski definition) is 4. The molecule has 3 rings (SSSR count). The second-order valence-corrected chi connectivity index (χ2v) is 6.57. The van der Waals surface area contributed by atoms with Crippen LogP contribution >= 0.6 is 0 Å². The van der Waals surface area contributed by atoms with Crippen LogP contribution in [0.1, 0.15) is 49.2 Å².